The van der Waals surface area contributed by atoms with E-state index in [1.54, 1.807) is 12.4 Å². The van der Waals surface area contributed by atoms with Crippen LogP contribution in [0.2, 0.25) is 0 Å². The fourth-order valence-electron chi connectivity index (χ4n) is 2.27. The monoisotopic (exact) mass is 448 g/mol. The van der Waals surface area contributed by atoms with Crippen molar-refractivity contribution in [3.8, 4) is 5.82 Å². The number of nitrogens with zero attached hydrogens (tertiary/aromatic N) is 4. The second-order valence-corrected chi connectivity index (χ2v) is 5.56. The highest BCUT2D eigenvalue weighted by atomic mass is 127. The number of aromatic nitrogens is 3. The standard InChI is InChI=1S/C18H20N6.HI/c1-13-3-6-16(7-4-13)23-18(19)22-12-15-5-8-17(21-11-15)24-10-9-20-14(24)2;/h3-11H,12H2,1-2H3,(H3,19,22,23);1H. The molecule has 0 amide bonds. The summed E-state index contributed by atoms with van der Waals surface area (Å²) in [6.07, 6.45) is 5.45. The van der Waals surface area contributed by atoms with E-state index in [9.17, 15) is 0 Å². The molecule has 0 atom stereocenters. The van der Waals surface area contributed by atoms with Crippen molar-refractivity contribution in [2.45, 2.75) is 20.4 Å². The largest absolute Gasteiger partial charge is 0.370 e. The van der Waals surface area contributed by atoms with Crippen LogP contribution in [0.15, 0.2) is 60.0 Å². The molecular formula is C18H21IN6. The van der Waals surface area contributed by atoms with Crippen molar-refractivity contribution in [1.29, 1.82) is 0 Å². The third kappa shape index (κ3) is 5.02. The van der Waals surface area contributed by atoms with Crippen LogP contribution >= 0.6 is 24.0 Å². The fourth-order valence-corrected chi connectivity index (χ4v) is 2.27. The molecule has 3 rings (SSSR count). The molecule has 25 heavy (non-hydrogen) atoms. The average molecular weight is 448 g/mol. The normalized spacial score (nSPS) is 11.0. The van der Waals surface area contributed by atoms with Gasteiger partial charge in [0.05, 0.1) is 6.54 Å². The molecule has 0 aliphatic rings. The lowest BCUT2D eigenvalue weighted by molar-refractivity contribution is 0.922. The van der Waals surface area contributed by atoms with Gasteiger partial charge >= 0.3 is 0 Å². The summed E-state index contributed by atoms with van der Waals surface area (Å²) in [5, 5.41) is 3.08. The number of imidazole rings is 1. The molecule has 7 heteroatoms. The molecule has 0 aliphatic heterocycles. The zero-order valence-electron chi connectivity index (χ0n) is 14.2. The molecule has 2 aromatic heterocycles. The maximum absolute atomic E-state index is 5.92. The van der Waals surface area contributed by atoms with Crippen molar-refractivity contribution in [2.24, 2.45) is 10.7 Å². The predicted octanol–water partition coefficient (Wildman–Crippen LogP) is 3.43. The van der Waals surface area contributed by atoms with Gasteiger partial charge in [-0.25, -0.2) is 15.0 Å². The smallest absolute Gasteiger partial charge is 0.193 e. The number of hydrogen-bond donors (Lipinski definition) is 2. The highest BCUT2D eigenvalue weighted by molar-refractivity contribution is 14.0. The molecule has 0 radical (unpaired) electrons. The number of halogens is 1. The number of rotatable bonds is 4. The van der Waals surface area contributed by atoms with E-state index in [1.807, 2.05) is 61.0 Å². The van der Waals surface area contributed by atoms with Crippen LogP contribution in [-0.2, 0) is 6.54 Å². The van der Waals surface area contributed by atoms with Crippen LogP contribution in [0.25, 0.3) is 5.82 Å². The van der Waals surface area contributed by atoms with Crippen LogP contribution in [0.4, 0.5) is 5.69 Å². The van der Waals surface area contributed by atoms with Gasteiger partial charge in [-0.2, -0.15) is 0 Å². The summed E-state index contributed by atoms with van der Waals surface area (Å²) in [6, 6.07) is 11.9. The Labute approximate surface area is 164 Å². The number of aliphatic imine (C=N–C) groups is 1. The number of benzene rings is 1. The molecule has 0 unspecified atom stereocenters. The van der Waals surface area contributed by atoms with E-state index in [-0.39, 0.29) is 24.0 Å². The summed E-state index contributed by atoms with van der Waals surface area (Å²) in [7, 11) is 0. The number of aryl methyl sites for hydroxylation is 2. The lowest BCUT2D eigenvalue weighted by atomic mass is 10.2. The van der Waals surface area contributed by atoms with Crippen LogP contribution in [-0.4, -0.2) is 20.5 Å². The maximum Gasteiger partial charge on any atom is 0.193 e. The molecule has 3 aromatic rings. The van der Waals surface area contributed by atoms with Crippen LogP contribution in [0, 0.1) is 13.8 Å². The summed E-state index contributed by atoms with van der Waals surface area (Å²) in [5.41, 5.74) is 9.04. The lowest BCUT2D eigenvalue weighted by Gasteiger charge is -2.07. The Kier molecular flexibility index (Phi) is 6.51. The first-order chi connectivity index (χ1) is 11.6. The quantitative estimate of drug-likeness (QED) is 0.364. The molecular weight excluding hydrogens is 427 g/mol. The predicted molar refractivity (Wildman–Crippen MR) is 112 cm³/mol. The van der Waals surface area contributed by atoms with Gasteiger partial charge in [0.15, 0.2) is 5.96 Å². The first kappa shape index (κ1) is 18.9. The Bertz CT molecular complexity index is 837. The molecule has 0 fully saturated rings. The number of nitrogens with one attached hydrogen (secondary N) is 1. The van der Waals surface area contributed by atoms with E-state index in [4.69, 9.17) is 5.73 Å². The van der Waals surface area contributed by atoms with Gasteiger partial charge in [0, 0.05) is 24.3 Å². The minimum absolute atomic E-state index is 0. The number of hydrogen-bond acceptors (Lipinski definition) is 3. The third-order valence-corrected chi connectivity index (χ3v) is 3.64. The van der Waals surface area contributed by atoms with E-state index in [1.165, 1.54) is 5.56 Å². The summed E-state index contributed by atoms with van der Waals surface area (Å²) >= 11 is 0. The Balaban J connectivity index is 0.00000225. The highest BCUT2D eigenvalue weighted by Crippen LogP contribution is 2.10. The SMILES string of the molecule is Cc1ccc(NC(N)=NCc2ccc(-n3ccnc3C)nc2)cc1.I. The lowest BCUT2D eigenvalue weighted by Crippen LogP contribution is -2.22. The van der Waals surface area contributed by atoms with Gasteiger partial charge in [-0.05, 0) is 37.6 Å². The topological polar surface area (TPSA) is 81.1 Å². The molecule has 0 spiro atoms. The zero-order valence-corrected chi connectivity index (χ0v) is 16.5. The van der Waals surface area contributed by atoms with Crippen LogP contribution < -0.4 is 11.1 Å². The van der Waals surface area contributed by atoms with Crippen molar-refractivity contribution in [2.75, 3.05) is 5.32 Å². The third-order valence-electron chi connectivity index (χ3n) is 3.64. The van der Waals surface area contributed by atoms with Gasteiger partial charge in [-0.3, -0.25) is 4.57 Å². The van der Waals surface area contributed by atoms with Gasteiger partial charge in [-0.1, -0.05) is 23.8 Å². The molecule has 0 aliphatic carbocycles. The van der Waals surface area contributed by atoms with E-state index >= 15 is 0 Å². The number of pyridine rings is 1. The second kappa shape index (κ2) is 8.61. The zero-order chi connectivity index (χ0) is 16.9. The van der Waals surface area contributed by atoms with Gasteiger partial charge in [0.25, 0.3) is 0 Å². The first-order valence-electron chi connectivity index (χ1n) is 7.71. The van der Waals surface area contributed by atoms with Crippen LogP contribution in [0.5, 0.6) is 0 Å². The average Bonchev–Trinajstić information content (AvgIpc) is 3.02. The summed E-state index contributed by atoms with van der Waals surface area (Å²) in [6.45, 7) is 4.46. The van der Waals surface area contributed by atoms with Crippen molar-refractivity contribution in [1.82, 2.24) is 14.5 Å². The van der Waals surface area contributed by atoms with E-state index in [0.717, 1.165) is 22.9 Å². The number of guanidine groups is 1. The summed E-state index contributed by atoms with van der Waals surface area (Å²) in [4.78, 5) is 13.0. The summed E-state index contributed by atoms with van der Waals surface area (Å²) < 4.78 is 1.93. The van der Waals surface area contributed by atoms with Crippen molar-refractivity contribution >= 4 is 35.6 Å². The van der Waals surface area contributed by atoms with E-state index < -0.39 is 0 Å². The Morgan fingerprint density at radius 1 is 1.12 bits per heavy atom. The van der Waals surface area contributed by atoms with Gasteiger partial charge in [-0.15, -0.1) is 24.0 Å². The molecule has 0 bridgehead atoms. The fraction of sp³-hybridized carbons (Fsp3) is 0.167. The van der Waals surface area contributed by atoms with Crippen LogP contribution in [0.3, 0.4) is 0 Å². The Morgan fingerprint density at radius 2 is 1.88 bits per heavy atom. The molecule has 130 valence electrons. The maximum atomic E-state index is 5.92. The number of nitrogens with two attached hydrogens (primary N) is 1. The van der Waals surface area contributed by atoms with E-state index in [2.05, 4.69) is 20.3 Å². The molecule has 0 saturated heterocycles. The van der Waals surface area contributed by atoms with Gasteiger partial charge in [0.1, 0.15) is 11.6 Å². The van der Waals surface area contributed by atoms with Crippen molar-refractivity contribution in [3.63, 3.8) is 0 Å². The highest BCUT2D eigenvalue weighted by Gasteiger charge is 2.02. The minimum Gasteiger partial charge on any atom is -0.370 e. The second-order valence-electron chi connectivity index (χ2n) is 5.56. The van der Waals surface area contributed by atoms with Gasteiger partial charge < -0.3 is 11.1 Å². The minimum atomic E-state index is 0. The molecule has 3 N–H and O–H groups in total. The molecule has 2 heterocycles. The van der Waals surface area contributed by atoms with Crippen LogP contribution in [0.1, 0.15) is 17.0 Å². The van der Waals surface area contributed by atoms with Gasteiger partial charge in [0.2, 0.25) is 0 Å². The molecule has 0 saturated carbocycles. The Morgan fingerprint density at radius 3 is 2.48 bits per heavy atom. The first-order valence-corrected chi connectivity index (χ1v) is 7.71. The Hall–Kier alpha value is -2.42. The van der Waals surface area contributed by atoms with E-state index in [0.29, 0.717) is 12.5 Å². The summed E-state index contributed by atoms with van der Waals surface area (Å²) in [5.74, 6) is 2.12. The molecule has 1 aromatic carbocycles. The van der Waals surface area contributed by atoms with Crippen molar-refractivity contribution in [3.05, 3.63) is 71.9 Å². The molecule has 6 nitrogen and oxygen atoms in total. The van der Waals surface area contributed by atoms with Crippen molar-refractivity contribution < 1.29 is 0 Å². The number of anilines is 1.